The highest BCUT2D eigenvalue weighted by Crippen LogP contribution is 2.37. The van der Waals surface area contributed by atoms with Gasteiger partial charge in [-0.25, -0.2) is 19.0 Å². The molecule has 9 nitrogen and oxygen atoms in total. The lowest BCUT2D eigenvalue weighted by Crippen LogP contribution is -2.53. The summed E-state index contributed by atoms with van der Waals surface area (Å²) in [5.74, 6) is -0.368. The fourth-order valence-electron chi connectivity index (χ4n) is 4.50. The van der Waals surface area contributed by atoms with Gasteiger partial charge < -0.3 is 20.3 Å². The van der Waals surface area contributed by atoms with Crippen molar-refractivity contribution in [2.24, 2.45) is 4.99 Å². The molecule has 0 spiro atoms. The maximum Gasteiger partial charge on any atom is 0.338 e. The zero-order valence-electron chi connectivity index (χ0n) is 18.3. The monoisotopic (exact) mass is 548 g/mol. The summed E-state index contributed by atoms with van der Waals surface area (Å²) < 4.78 is 19.5. The van der Waals surface area contributed by atoms with Crippen LogP contribution in [0.1, 0.15) is 16.6 Å². The number of thiazole rings is 1. The van der Waals surface area contributed by atoms with E-state index in [9.17, 15) is 14.0 Å². The van der Waals surface area contributed by atoms with Gasteiger partial charge in [-0.1, -0.05) is 22.0 Å². The summed E-state index contributed by atoms with van der Waals surface area (Å²) in [6.07, 6.45) is 1.69. The molecule has 0 unspecified atom stereocenters. The fraction of sp³-hybridized carbons (Fsp3) is 0.364. The average molecular weight is 549 g/mol. The third-order valence-corrected chi connectivity index (χ3v) is 7.59. The van der Waals surface area contributed by atoms with Crippen LogP contribution >= 0.6 is 27.3 Å². The van der Waals surface area contributed by atoms with E-state index in [1.165, 1.54) is 30.6 Å². The number of hydrogen-bond acceptors (Lipinski definition) is 8. The lowest BCUT2D eigenvalue weighted by molar-refractivity contribution is -0.136. The minimum atomic E-state index is -0.714. The van der Waals surface area contributed by atoms with Crippen molar-refractivity contribution in [1.29, 1.82) is 0 Å². The van der Waals surface area contributed by atoms with Gasteiger partial charge in [0.25, 0.3) is 0 Å². The van der Waals surface area contributed by atoms with Gasteiger partial charge in [0.15, 0.2) is 10.8 Å². The number of benzene rings is 1. The lowest BCUT2D eigenvalue weighted by atomic mass is 9.95. The first kappa shape index (κ1) is 22.9. The Hall–Kier alpha value is -2.83. The van der Waals surface area contributed by atoms with E-state index in [1.54, 1.807) is 12.3 Å². The number of rotatable bonds is 5. The number of nitrogens with one attached hydrogen (secondary N) is 2. The van der Waals surface area contributed by atoms with Crippen molar-refractivity contribution in [1.82, 2.24) is 25.4 Å². The molecule has 2 aromatic rings. The summed E-state index contributed by atoms with van der Waals surface area (Å²) in [5.41, 5.74) is 1.66. The molecule has 2 saturated heterocycles. The molecule has 3 aliphatic heterocycles. The Morgan fingerprint density at radius 3 is 2.97 bits per heavy atom. The number of esters is 1. The third kappa shape index (κ3) is 4.32. The Balaban J connectivity index is 1.54. The second-order valence-corrected chi connectivity index (χ2v) is 9.91. The van der Waals surface area contributed by atoms with Crippen LogP contribution in [0.5, 0.6) is 0 Å². The third-order valence-electron chi connectivity index (χ3n) is 6.12. The number of piperazine rings is 1. The molecule has 3 aliphatic rings. The number of ether oxygens (including phenoxy) is 1. The first-order chi connectivity index (χ1) is 16.4. The number of halogens is 2. The van der Waals surface area contributed by atoms with Crippen LogP contribution in [0.2, 0.25) is 0 Å². The summed E-state index contributed by atoms with van der Waals surface area (Å²) >= 11 is 4.86. The predicted molar refractivity (Wildman–Crippen MR) is 128 cm³/mol. The highest BCUT2D eigenvalue weighted by molar-refractivity contribution is 9.10. The van der Waals surface area contributed by atoms with Crippen LogP contribution in [0.15, 0.2) is 50.5 Å². The maximum absolute atomic E-state index is 13.8. The number of aliphatic imine (C=N–C) groups is 1. The van der Waals surface area contributed by atoms with Crippen LogP contribution in [-0.2, 0) is 9.53 Å². The standard InChI is InChI=1S/C22H22BrFN6O3S/c1-33-21(31)17-16(11-29-5-6-30-13(10-29)9-26-22(30)32)27-19(20-25-4-7-34-20)28-18(17)14-3-2-12(24)8-15(14)23/h2-4,7-8,13,18H,5-6,9-11H2,1H3,(H,26,32)(H,27,28)/t13-,18+/m1/s1. The second-order valence-electron chi connectivity index (χ2n) is 8.16. The molecule has 178 valence electrons. The molecular formula is C22H22BrFN6O3S. The molecule has 5 rings (SSSR count). The number of nitrogens with zero attached hydrogens (tertiary/aromatic N) is 4. The SMILES string of the molecule is COC(=O)C1=C(CN2CCN3C(=O)NC[C@@H]3C2)NC(c2nccs2)=N[C@H]1c1ccc(F)cc1Br. The number of carbonyl (C=O) groups excluding carboxylic acids is 2. The van der Waals surface area contributed by atoms with E-state index >= 15 is 0 Å². The highest BCUT2D eigenvalue weighted by Gasteiger charge is 2.38. The van der Waals surface area contributed by atoms with Gasteiger partial charge in [-0.05, 0) is 17.7 Å². The van der Waals surface area contributed by atoms with Crippen LogP contribution in [0.4, 0.5) is 9.18 Å². The van der Waals surface area contributed by atoms with Gasteiger partial charge in [-0.2, -0.15) is 0 Å². The molecular weight excluding hydrogens is 527 g/mol. The van der Waals surface area contributed by atoms with E-state index in [4.69, 9.17) is 9.73 Å². The van der Waals surface area contributed by atoms with Gasteiger partial charge in [0, 0.05) is 54.5 Å². The van der Waals surface area contributed by atoms with Gasteiger partial charge in [-0.15, -0.1) is 11.3 Å². The van der Waals surface area contributed by atoms with Crippen molar-refractivity contribution in [3.63, 3.8) is 0 Å². The van der Waals surface area contributed by atoms with Crippen molar-refractivity contribution in [2.45, 2.75) is 12.1 Å². The Morgan fingerprint density at radius 2 is 2.24 bits per heavy atom. The van der Waals surface area contributed by atoms with Crippen LogP contribution in [0.3, 0.4) is 0 Å². The van der Waals surface area contributed by atoms with Gasteiger partial charge in [0.05, 0.1) is 18.7 Å². The number of fused-ring (bicyclic) bond motifs is 1. The normalized spacial score (nSPS) is 22.7. The molecule has 2 atom stereocenters. The first-order valence-electron chi connectivity index (χ1n) is 10.7. The van der Waals surface area contributed by atoms with E-state index in [-0.39, 0.29) is 12.1 Å². The topological polar surface area (TPSA) is 99.2 Å². The number of hydrogen-bond donors (Lipinski definition) is 2. The van der Waals surface area contributed by atoms with E-state index < -0.39 is 17.8 Å². The van der Waals surface area contributed by atoms with Crippen LogP contribution in [0.25, 0.3) is 0 Å². The number of carbonyl (C=O) groups is 2. The Bertz CT molecular complexity index is 1190. The van der Waals surface area contributed by atoms with E-state index in [2.05, 4.69) is 36.4 Å². The van der Waals surface area contributed by atoms with Crippen LogP contribution < -0.4 is 10.6 Å². The summed E-state index contributed by atoms with van der Waals surface area (Å²) in [4.78, 5) is 38.2. The number of amides is 2. The van der Waals surface area contributed by atoms with Crippen LogP contribution in [0, 0.1) is 5.82 Å². The summed E-state index contributed by atoms with van der Waals surface area (Å²) in [6.45, 7) is 2.98. The molecule has 1 aromatic heterocycles. The molecule has 2 fully saturated rings. The molecule has 0 aliphatic carbocycles. The number of urea groups is 1. The molecule has 0 bridgehead atoms. The minimum absolute atomic E-state index is 0.0330. The summed E-state index contributed by atoms with van der Waals surface area (Å²) in [7, 11) is 1.33. The Labute approximate surface area is 207 Å². The molecule has 2 amide bonds. The quantitative estimate of drug-likeness (QED) is 0.556. The average Bonchev–Trinajstić information content (AvgIpc) is 3.49. The van der Waals surface area contributed by atoms with Crippen molar-refractivity contribution < 1.29 is 18.7 Å². The molecule has 34 heavy (non-hydrogen) atoms. The Morgan fingerprint density at radius 1 is 1.38 bits per heavy atom. The first-order valence-corrected chi connectivity index (χ1v) is 12.4. The molecule has 4 heterocycles. The smallest absolute Gasteiger partial charge is 0.338 e. The largest absolute Gasteiger partial charge is 0.466 e. The lowest BCUT2D eigenvalue weighted by Gasteiger charge is -2.38. The second kappa shape index (κ2) is 9.43. The molecule has 1 aromatic carbocycles. The molecule has 2 N–H and O–H groups in total. The maximum atomic E-state index is 13.8. The van der Waals surface area contributed by atoms with E-state index in [0.717, 1.165) is 0 Å². The van der Waals surface area contributed by atoms with Gasteiger partial charge in [0.1, 0.15) is 11.9 Å². The highest BCUT2D eigenvalue weighted by atomic mass is 79.9. The predicted octanol–water partition coefficient (Wildman–Crippen LogP) is 2.27. The molecule has 0 radical (unpaired) electrons. The zero-order valence-corrected chi connectivity index (χ0v) is 20.7. The number of methoxy groups -OCH3 is 1. The van der Waals surface area contributed by atoms with Crippen molar-refractivity contribution >= 4 is 45.1 Å². The van der Waals surface area contributed by atoms with Crippen LogP contribution in [-0.4, -0.2) is 78.5 Å². The van der Waals surface area contributed by atoms with Crippen molar-refractivity contribution in [2.75, 3.05) is 39.8 Å². The number of amidine groups is 1. The summed E-state index contributed by atoms with van der Waals surface area (Å²) in [6, 6.07) is 3.66. The van der Waals surface area contributed by atoms with E-state index in [0.29, 0.717) is 64.9 Å². The fourth-order valence-corrected chi connectivity index (χ4v) is 5.66. The van der Waals surface area contributed by atoms with Crippen molar-refractivity contribution in [3.8, 4) is 0 Å². The zero-order chi connectivity index (χ0) is 23.8. The van der Waals surface area contributed by atoms with Crippen molar-refractivity contribution in [3.05, 3.63) is 61.9 Å². The Kier molecular flexibility index (Phi) is 6.36. The molecule has 0 saturated carbocycles. The summed E-state index contributed by atoms with van der Waals surface area (Å²) in [5, 5.41) is 8.73. The van der Waals surface area contributed by atoms with E-state index in [1.807, 2.05) is 10.3 Å². The minimum Gasteiger partial charge on any atom is -0.466 e. The molecule has 12 heteroatoms. The van der Waals surface area contributed by atoms with Gasteiger partial charge in [0.2, 0.25) is 0 Å². The van der Waals surface area contributed by atoms with Gasteiger partial charge >= 0.3 is 12.0 Å². The number of aromatic nitrogens is 1. The van der Waals surface area contributed by atoms with Gasteiger partial charge in [-0.3, -0.25) is 9.89 Å².